The van der Waals surface area contributed by atoms with Crippen molar-refractivity contribution >= 4 is 45.4 Å². The van der Waals surface area contributed by atoms with Crippen LogP contribution in [0.4, 0.5) is 28.7 Å². The molecule has 4 aromatic rings. The molecule has 7 nitrogen and oxygen atoms in total. The summed E-state index contributed by atoms with van der Waals surface area (Å²) in [7, 11) is 1.35. The molecule has 1 heterocycles. The minimum Gasteiger partial charge on any atom is -0.465 e. The second-order valence-electron chi connectivity index (χ2n) is 6.33. The van der Waals surface area contributed by atoms with Crippen molar-refractivity contribution in [2.75, 3.05) is 23.5 Å². The number of nitrogens with zero attached hydrogens (tertiary/aromatic N) is 2. The molecule has 0 saturated heterocycles. The van der Waals surface area contributed by atoms with Crippen LogP contribution in [0.1, 0.15) is 10.4 Å². The van der Waals surface area contributed by atoms with Gasteiger partial charge in [-0.05, 0) is 35.7 Å². The first-order valence-electron chi connectivity index (χ1n) is 8.96. The fraction of sp³-hybridized carbons (Fsp3) is 0.0455. The highest BCUT2D eigenvalue weighted by atomic mass is 16.5. The van der Waals surface area contributed by atoms with Crippen LogP contribution in [0.25, 0.3) is 10.8 Å². The van der Waals surface area contributed by atoms with Crippen LogP contribution < -0.4 is 16.4 Å². The van der Waals surface area contributed by atoms with Gasteiger partial charge in [-0.25, -0.2) is 14.8 Å². The van der Waals surface area contributed by atoms with Gasteiger partial charge in [-0.1, -0.05) is 36.4 Å². The van der Waals surface area contributed by atoms with Gasteiger partial charge in [0.25, 0.3) is 0 Å². The molecule has 1 aromatic heterocycles. The monoisotopic (exact) mass is 385 g/mol. The first-order chi connectivity index (χ1) is 14.2. The Morgan fingerprint density at radius 2 is 1.59 bits per heavy atom. The predicted molar refractivity (Wildman–Crippen MR) is 115 cm³/mol. The molecule has 0 atom stereocenters. The van der Waals surface area contributed by atoms with Crippen molar-refractivity contribution in [2.24, 2.45) is 0 Å². The first-order valence-corrected chi connectivity index (χ1v) is 8.96. The van der Waals surface area contributed by atoms with Crippen LogP contribution in [0, 0.1) is 0 Å². The second-order valence-corrected chi connectivity index (χ2v) is 6.33. The Morgan fingerprint density at radius 3 is 2.34 bits per heavy atom. The van der Waals surface area contributed by atoms with E-state index in [-0.39, 0.29) is 5.97 Å². The summed E-state index contributed by atoms with van der Waals surface area (Å²) in [5.41, 5.74) is 8.79. The van der Waals surface area contributed by atoms with Gasteiger partial charge >= 0.3 is 5.97 Å². The zero-order valence-electron chi connectivity index (χ0n) is 15.7. The zero-order valence-corrected chi connectivity index (χ0v) is 15.7. The second kappa shape index (κ2) is 7.85. The number of aromatic nitrogens is 2. The molecule has 4 rings (SSSR count). The van der Waals surface area contributed by atoms with E-state index in [9.17, 15) is 4.79 Å². The van der Waals surface area contributed by atoms with Crippen molar-refractivity contribution in [3.63, 3.8) is 0 Å². The molecule has 3 aromatic carbocycles. The van der Waals surface area contributed by atoms with Crippen LogP contribution >= 0.6 is 0 Å². The molecule has 0 aliphatic rings. The molecule has 7 heteroatoms. The largest absolute Gasteiger partial charge is 0.465 e. The normalized spacial score (nSPS) is 10.5. The Hall–Kier alpha value is -4.13. The molecular weight excluding hydrogens is 366 g/mol. The molecule has 144 valence electrons. The fourth-order valence-electron chi connectivity index (χ4n) is 3.00. The number of hydrogen-bond donors (Lipinski definition) is 3. The molecule has 0 spiro atoms. The molecule has 0 unspecified atom stereocenters. The average Bonchev–Trinajstić information content (AvgIpc) is 2.77. The summed E-state index contributed by atoms with van der Waals surface area (Å²) in [4.78, 5) is 20.1. The van der Waals surface area contributed by atoms with Gasteiger partial charge in [-0.3, -0.25) is 0 Å². The summed E-state index contributed by atoms with van der Waals surface area (Å²) in [5, 5.41) is 8.64. The van der Waals surface area contributed by atoms with E-state index in [2.05, 4.69) is 32.7 Å². The van der Waals surface area contributed by atoms with E-state index < -0.39 is 0 Å². The molecule has 0 aliphatic carbocycles. The van der Waals surface area contributed by atoms with Crippen molar-refractivity contribution in [3.8, 4) is 0 Å². The standard InChI is InChI=1S/C22H19N5O2/c1-29-22(28)15-9-11-16(12-10-15)26-20-19(23)21(25-13-24-20)27-18-8-4-6-14-5-2-3-7-17(14)18/h2-13H,23H2,1H3,(H2,24,25,26,27). The van der Waals surface area contributed by atoms with Crippen LogP contribution in [-0.4, -0.2) is 23.0 Å². The number of carbonyl (C=O) groups is 1. The number of nitrogens with one attached hydrogen (secondary N) is 2. The SMILES string of the molecule is COC(=O)c1ccc(Nc2ncnc(Nc3cccc4ccccc34)c2N)cc1. The van der Waals surface area contributed by atoms with Crippen LogP contribution in [0.15, 0.2) is 73.1 Å². The van der Waals surface area contributed by atoms with Crippen molar-refractivity contribution in [1.82, 2.24) is 9.97 Å². The molecular formula is C22H19N5O2. The number of benzene rings is 3. The Labute approximate surface area is 167 Å². The molecule has 0 radical (unpaired) electrons. The smallest absolute Gasteiger partial charge is 0.337 e. The van der Waals surface area contributed by atoms with Gasteiger partial charge in [0, 0.05) is 16.8 Å². The third-order valence-corrected chi connectivity index (χ3v) is 4.50. The summed E-state index contributed by atoms with van der Waals surface area (Å²) < 4.78 is 4.71. The maximum Gasteiger partial charge on any atom is 0.337 e. The number of hydrogen-bond acceptors (Lipinski definition) is 7. The zero-order chi connectivity index (χ0) is 20.2. The summed E-state index contributed by atoms with van der Waals surface area (Å²) in [5.74, 6) is 0.582. The van der Waals surface area contributed by atoms with Gasteiger partial charge in [-0.15, -0.1) is 0 Å². The Morgan fingerprint density at radius 1 is 0.897 bits per heavy atom. The van der Waals surface area contributed by atoms with E-state index in [1.165, 1.54) is 13.4 Å². The van der Waals surface area contributed by atoms with Crippen molar-refractivity contribution < 1.29 is 9.53 Å². The van der Waals surface area contributed by atoms with Crippen LogP contribution in [0.5, 0.6) is 0 Å². The number of carbonyl (C=O) groups excluding carboxylic acids is 1. The summed E-state index contributed by atoms with van der Waals surface area (Å²) in [6, 6.07) is 20.9. The summed E-state index contributed by atoms with van der Waals surface area (Å²) >= 11 is 0. The lowest BCUT2D eigenvalue weighted by Crippen LogP contribution is -2.06. The highest BCUT2D eigenvalue weighted by Crippen LogP contribution is 2.31. The molecule has 0 saturated carbocycles. The molecule has 0 aliphatic heterocycles. The topological polar surface area (TPSA) is 102 Å². The van der Waals surface area contributed by atoms with E-state index in [4.69, 9.17) is 10.5 Å². The predicted octanol–water partition coefficient (Wildman–Crippen LogP) is 4.49. The Kier molecular flexibility index (Phi) is 4.94. The Bertz CT molecular complexity index is 1170. The summed E-state index contributed by atoms with van der Waals surface area (Å²) in [6.45, 7) is 0. The van der Waals surface area contributed by atoms with Gasteiger partial charge in [0.2, 0.25) is 0 Å². The maximum atomic E-state index is 11.6. The lowest BCUT2D eigenvalue weighted by atomic mass is 10.1. The molecule has 0 amide bonds. The van der Waals surface area contributed by atoms with Gasteiger partial charge in [0.1, 0.15) is 12.0 Å². The van der Waals surface area contributed by atoms with Gasteiger partial charge in [-0.2, -0.15) is 0 Å². The lowest BCUT2D eigenvalue weighted by Gasteiger charge is -2.14. The van der Waals surface area contributed by atoms with Gasteiger partial charge < -0.3 is 21.1 Å². The quantitative estimate of drug-likeness (QED) is 0.435. The maximum absolute atomic E-state index is 11.6. The van der Waals surface area contributed by atoms with Gasteiger partial charge in [0.05, 0.1) is 12.7 Å². The highest BCUT2D eigenvalue weighted by molar-refractivity contribution is 5.96. The number of nitrogens with two attached hydrogens (primary N) is 1. The average molecular weight is 385 g/mol. The van der Waals surface area contributed by atoms with E-state index in [1.807, 2.05) is 30.3 Å². The third-order valence-electron chi connectivity index (χ3n) is 4.50. The minimum atomic E-state index is -0.389. The summed E-state index contributed by atoms with van der Waals surface area (Å²) in [6.07, 6.45) is 1.44. The molecule has 0 fully saturated rings. The molecule has 0 bridgehead atoms. The van der Waals surface area contributed by atoms with E-state index in [1.54, 1.807) is 24.3 Å². The van der Waals surface area contributed by atoms with E-state index in [0.29, 0.717) is 22.9 Å². The number of methoxy groups -OCH3 is 1. The van der Waals surface area contributed by atoms with E-state index >= 15 is 0 Å². The van der Waals surface area contributed by atoms with Crippen LogP contribution in [0.2, 0.25) is 0 Å². The lowest BCUT2D eigenvalue weighted by molar-refractivity contribution is 0.0601. The Balaban J connectivity index is 1.60. The number of esters is 1. The highest BCUT2D eigenvalue weighted by Gasteiger charge is 2.11. The fourth-order valence-corrected chi connectivity index (χ4v) is 3.00. The van der Waals surface area contributed by atoms with Crippen molar-refractivity contribution in [2.45, 2.75) is 0 Å². The number of nitrogen functional groups attached to an aromatic ring is 1. The minimum absolute atomic E-state index is 0.387. The van der Waals surface area contributed by atoms with Gasteiger partial charge in [0.15, 0.2) is 11.6 Å². The van der Waals surface area contributed by atoms with Crippen LogP contribution in [-0.2, 0) is 4.74 Å². The van der Waals surface area contributed by atoms with Crippen molar-refractivity contribution in [3.05, 3.63) is 78.6 Å². The molecule has 4 N–H and O–H groups in total. The number of rotatable bonds is 5. The number of anilines is 5. The first kappa shape index (κ1) is 18.2. The third kappa shape index (κ3) is 3.79. The van der Waals surface area contributed by atoms with E-state index in [0.717, 1.165) is 22.1 Å². The number of ether oxygens (including phenoxy) is 1. The van der Waals surface area contributed by atoms with Crippen molar-refractivity contribution in [1.29, 1.82) is 0 Å². The molecule has 29 heavy (non-hydrogen) atoms. The van der Waals surface area contributed by atoms with Crippen LogP contribution in [0.3, 0.4) is 0 Å². The number of fused-ring (bicyclic) bond motifs is 1.